The summed E-state index contributed by atoms with van der Waals surface area (Å²) in [7, 11) is 0. The zero-order valence-corrected chi connectivity index (χ0v) is 20.6. The third kappa shape index (κ3) is 6.38. The molecule has 0 radical (unpaired) electrons. The molecule has 2 N–H and O–H groups in total. The van der Waals surface area contributed by atoms with Gasteiger partial charge >= 0.3 is 12.2 Å². The topological polar surface area (TPSA) is 76.0 Å². The molecule has 2 amide bonds. The van der Waals surface area contributed by atoms with E-state index in [2.05, 4.69) is 21.6 Å². The van der Waals surface area contributed by atoms with Gasteiger partial charge in [-0.15, -0.1) is 0 Å². The molecule has 0 atom stereocenters. The molecule has 2 aromatic carbocycles. The summed E-state index contributed by atoms with van der Waals surface area (Å²) in [5, 5.41) is 2.14. The number of aryl methyl sites for hydroxylation is 1. The molecular weight excluding hydrogens is 528 g/mol. The van der Waals surface area contributed by atoms with Crippen molar-refractivity contribution in [1.29, 1.82) is 0 Å². The van der Waals surface area contributed by atoms with Gasteiger partial charge in [-0.05, 0) is 62.2 Å². The number of nitrogens with zero attached hydrogens (tertiary/aromatic N) is 2. The van der Waals surface area contributed by atoms with Crippen LogP contribution in [0.15, 0.2) is 62.4 Å². The van der Waals surface area contributed by atoms with Crippen LogP contribution < -0.4 is 15.6 Å². The van der Waals surface area contributed by atoms with Gasteiger partial charge in [0.2, 0.25) is 0 Å². The molecule has 0 bridgehead atoms. The van der Waals surface area contributed by atoms with Crippen molar-refractivity contribution in [3.63, 3.8) is 0 Å². The van der Waals surface area contributed by atoms with E-state index in [0.29, 0.717) is 14.7 Å². The highest BCUT2D eigenvalue weighted by molar-refractivity contribution is 8.24. The molecule has 0 aliphatic heterocycles. The highest BCUT2D eigenvalue weighted by Crippen LogP contribution is 2.33. The fraction of sp³-hybridized carbons (Fsp3) is 0.136. The maximum Gasteiger partial charge on any atom is 0.416 e. The zero-order valence-electron chi connectivity index (χ0n) is 18.2. The standard InChI is InChI=1S/C22H17ClF4N4O2S2/c1-4-19(34-11(2)23)35-30-21(33)29-14-6-8-18(16(24)10-14)31-12(3)28-17-7-5-13(22(25,26)27)9-15(17)20(31)32/h4-10H,2H2,1,3H3,(H2,29,30,33)/b19-4+. The Morgan fingerprint density at radius 2 is 1.94 bits per heavy atom. The number of amides is 2. The number of nitrogens with one attached hydrogen (secondary N) is 2. The minimum atomic E-state index is -4.65. The van der Waals surface area contributed by atoms with E-state index in [1.807, 2.05) is 0 Å². The smallest absolute Gasteiger partial charge is 0.307 e. The van der Waals surface area contributed by atoms with Crippen molar-refractivity contribution >= 4 is 57.9 Å². The maximum absolute atomic E-state index is 14.9. The highest BCUT2D eigenvalue weighted by Gasteiger charge is 2.31. The molecule has 3 rings (SSSR count). The van der Waals surface area contributed by atoms with Crippen LogP contribution in [0.5, 0.6) is 0 Å². The van der Waals surface area contributed by atoms with E-state index < -0.39 is 29.1 Å². The second kappa shape index (κ2) is 10.8. The first-order chi connectivity index (χ1) is 16.4. The number of urea groups is 1. The number of thioether (sulfide) groups is 1. The third-order valence-electron chi connectivity index (χ3n) is 4.50. The minimum Gasteiger partial charge on any atom is -0.307 e. The molecule has 6 nitrogen and oxygen atoms in total. The first-order valence-electron chi connectivity index (χ1n) is 9.73. The Morgan fingerprint density at radius 1 is 1.23 bits per heavy atom. The number of aromatic nitrogens is 2. The van der Waals surface area contributed by atoms with Crippen LogP contribution in [0.3, 0.4) is 0 Å². The molecule has 0 unspecified atom stereocenters. The number of anilines is 1. The number of alkyl halides is 3. The van der Waals surface area contributed by atoms with Crippen LogP contribution in [0.2, 0.25) is 0 Å². The van der Waals surface area contributed by atoms with Crippen molar-refractivity contribution in [2.75, 3.05) is 5.32 Å². The fourth-order valence-corrected chi connectivity index (χ4v) is 4.70. The summed E-state index contributed by atoms with van der Waals surface area (Å²) < 4.78 is 58.6. The first-order valence-corrected chi connectivity index (χ1v) is 11.7. The van der Waals surface area contributed by atoms with E-state index in [4.69, 9.17) is 11.6 Å². The van der Waals surface area contributed by atoms with Gasteiger partial charge in [-0.25, -0.2) is 14.2 Å². The van der Waals surface area contributed by atoms with Crippen LogP contribution >= 0.6 is 35.3 Å². The van der Waals surface area contributed by atoms with Crippen molar-refractivity contribution in [2.45, 2.75) is 20.0 Å². The Bertz CT molecular complexity index is 1410. The molecule has 1 heterocycles. The Balaban J connectivity index is 1.88. The van der Waals surface area contributed by atoms with Crippen LogP contribution in [0.25, 0.3) is 16.6 Å². The Hall–Kier alpha value is -2.96. The number of fused-ring (bicyclic) bond motifs is 1. The largest absolute Gasteiger partial charge is 0.416 e. The lowest BCUT2D eigenvalue weighted by atomic mass is 10.1. The van der Waals surface area contributed by atoms with E-state index in [0.717, 1.165) is 46.5 Å². The van der Waals surface area contributed by atoms with Crippen LogP contribution in [0.4, 0.5) is 28.0 Å². The molecular formula is C22H17ClF4N4O2S2. The quantitative estimate of drug-likeness (QED) is 0.260. The van der Waals surface area contributed by atoms with Gasteiger partial charge in [0.15, 0.2) is 0 Å². The van der Waals surface area contributed by atoms with E-state index in [-0.39, 0.29) is 28.1 Å². The Labute approximate surface area is 210 Å². The van der Waals surface area contributed by atoms with Crippen LogP contribution in [0, 0.1) is 12.7 Å². The van der Waals surface area contributed by atoms with E-state index in [9.17, 15) is 27.2 Å². The summed E-state index contributed by atoms with van der Waals surface area (Å²) in [5.41, 5.74) is -1.96. The molecule has 35 heavy (non-hydrogen) atoms. The first kappa shape index (κ1) is 26.6. The van der Waals surface area contributed by atoms with Gasteiger partial charge in [0.25, 0.3) is 5.56 Å². The molecule has 184 valence electrons. The second-order valence-electron chi connectivity index (χ2n) is 6.92. The van der Waals surface area contributed by atoms with Crippen molar-refractivity contribution in [3.8, 4) is 5.69 Å². The van der Waals surface area contributed by atoms with Gasteiger partial charge in [0.1, 0.15) is 11.6 Å². The predicted octanol–water partition coefficient (Wildman–Crippen LogP) is 6.93. The van der Waals surface area contributed by atoms with Gasteiger partial charge in [0.05, 0.1) is 30.8 Å². The average Bonchev–Trinajstić information content (AvgIpc) is 2.76. The highest BCUT2D eigenvalue weighted by atomic mass is 35.5. The molecule has 0 saturated heterocycles. The lowest BCUT2D eigenvalue weighted by Crippen LogP contribution is -2.24. The van der Waals surface area contributed by atoms with Gasteiger partial charge < -0.3 is 5.32 Å². The predicted molar refractivity (Wildman–Crippen MR) is 133 cm³/mol. The molecule has 13 heteroatoms. The third-order valence-corrected chi connectivity index (χ3v) is 6.62. The summed E-state index contributed by atoms with van der Waals surface area (Å²) in [6, 6.07) is 5.50. The Morgan fingerprint density at radius 3 is 2.54 bits per heavy atom. The molecule has 0 aliphatic carbocycles. The van der Waals surface area contributed by atoms with Gasteiger partial charge in [0, 0.05) is 5.69 Å². The van der Waals surface area contributed by atoms with Crippen molar-refractivity contribution < 1.29 is 22.4 Å². The van der Waals surface area contributed by atoms with Crippen molar-refractivity contribution in [3.05, 3.63) is 85.2 Å². The second-order valence-corrected chi connectivity index (χ2v) is 9.84. The number of halogens is 5. The lowest BCUT2D eigenvalue weighted by Gasteiger charge is -2.14. The number of carbonyl (C=O) groups excluding carboxylic acids is 1. The summed E-state index contributed by atoms with van der Waals surface area (Å²) in [5.74, 6) is -0.815. The van der Waals surface area contributed by atoms with Crippen LogP contribution in [-0.4, -0.2) is 15.6 Å². The monoisotopic (exact) mass is 544 g/mol. The average molecular weight is 545 g/mol. The van der Waals surface area contributed by atoms with Crippen molar-refractivity contribution in [2.24, 2.45) is 0 Å². The van der Waals surface area contributed by atoms with E-state index >= 15 is 0 Å². The fourth-order valence-electron chi connectivity index (χ4n) is 3.02. The van der Waals surface area contributed by atoms with Gasteiger partial charge in [-0.2, -0.15) is 13.2 Å². The number of hydrogen-bond acceptors (Lipinski definition) is 5. The van der Waals surface area contributed by atoms with E-state index in [1.54, 1.807) is 13.0 Å². The number of benzene rings is 2. The number of hydrogen-bond donors (Lipinski definition) is 2. The lowest BCUT2D eigenvalue weighted by molar-refractivity contribution is -0.137. The van der Waals surface area contributed by atoms with Crippen LogP contribution in [-0.2, 0) is 6.18 Å². The van der Waals surface area contributed by atoms with Gasteiger partial charge in [-0.1, -0.05) is 36.0 Å². The summed E-state index contributed by atoms with van der Waals surface area (Å²) in [6.07, 6.45) is -2.94. The van der Waals surface area contributed by atoms with Crippen molar-refractivity contribution in [1.82, 2.24) is 14.3 Å². The normalized spacial score (nSPS) is 12.0. The summed E-state index contributed by atoms with van der Waals surface area (Å²) in [4.78, 5) is 29.3. The molecule has 1 aromatic heterocycles. The zero-order chi connectivity index (χ0) is 25.9. The molecule has 0 fully saturated rings. The summed E-state index contributed by atoms with van der Waals surface area (Å²) in [6.45, 7) is 6.73. The van der Waals surface area contributed by atoms with Gasteiger partial charge in [-0.3, -0.25) is 14.1 Å². The number of allylic oxidation sites excluding steroid dienone is 1. The molecule has 0 spiro atoms. The minimum absolute atomic E-state index is 0.0565. The number of rotatable bonds is 6. The Kier molecular flexibility index (Phi) is 8.18. The molecule has 0 aliphatic rings. The number of carbonyl (C=O) groups is 1. The van der Waals surface area contributed by atoms with E-state index in [1.165, 1.54) is 19.1 Å². The SMILES string of the molecule is C=C(Cl)S/C(=C\C)SNC(=O)Nc1ccc(-n2c(C)nc3ccc(C(F)(F)F)cc3c2=O)c(F)c1. The molecule has 0 saturated carbocycles. The molecule has 3 aromatic rings. The maximum atomic E-state index is 14.9. The van der Waals surface area contributed by atoms with Crippen LogP contribution in [0.1, 0.15) is 18.3 Å². The summed E-state index contributed by atoms with van der Waals surface area (Å²) >= 11 is 7.85.